The molecule has 0 bridgehead atoms. The first-order valence-electron chi connectivity index (χ1n) is 6.37. The van der Waals surface area contributed by atoms with Gasteiger partial charge in [0.05, 0.1) is 15.5 Å². The molecule has 1 fully saturated rings. The molecular formula is C13H17Cl2N3O2S. The van der Waals surface area contributed by atoms with Gasteiger partial charge >= 0.3 is 0 Å². The van der Waals surface area contributed by atoms with E-state index in [1.807, 2.05) is 6.07 Å². The van der Waals surface area contributed by atoms with E-state index < -0.39 is 10.0 Å². The Kier molecular flexibility index (Phi) is 6.44. The van der Waals surface area contributed by atoms with E-state index in [4.69, 9.17) is 16.9 Å². The molecule has 8 heteroatoms. The fourth-order valence-corrected chi connectivity index (χ4v) is 4.33. The molecule has 1 aliphatic rings. The minimum absolute atomic E-state index is 0. The molecule has 0 radical (unpaired) electrons. The Balaban J connectivity index is 0.00000220. The molecule has 0 amide bonds. The fourth-order valence-electron chi connectivity index (χ4n) is 2.45. The molecule has 1 saturated heterocycles. The second kappa shape index (κ2) is 7.43. The quantitative estimate of drug-likeness (QED) is 0.902. The smallest absolute Gasteiger partial charge is 0.243 e. The highest BCUT2D eigenvalue weighted by molar-refractivity contribution is 7.89. The topological polar surface area (TPSA) is 73.2 Å². The number of benzene rings is 1. The van der Waals surface area contributed by atoms with E-state index in [1.165, 1.54) is 22.5 Å². The standard InChI is InChI=1S/C13H16ClN3O2S.ClH/c1-16-9-11-3-2-6-17(11)20(18,19)12-4-5-13(14)10(7-12)8-15;/h4-5,7,11,16H,2-3,6,9H2,1H3;1H. The van der Waals surface area contributed by atoms with Crippen LogP contribution in [0.15, 0.2) is 23.1 Å². The molecule has 0 spiro atoms. The first kappa shape index (κ1) is 18.2. The second-order valence-corrected chi connectivity index (χ2v) is 7.02. The monoisotopic (exact) mass is 349 g/mol. The third-order valence-corrected chi connectivity index (χ3v) is 5.71. The van der Waals surface area contributed by atoms with Crippen molar-refractivity contribution >= 4 is 34.0 Å². The van der Waals surface area contributed by atoms with Crippen molar-refractivity contribution < 1.29 is 8.42 Å². The van der Waals surface area contributed by atoms with E-state index in [2.05, 4.69) is 5.32 Å². The molecule has 116 valence electrons. The summed E-state index contributed by atoms with van der Waals surface area (Å²) in [5.41, 5.74) is 0.178. The Morgan fingerprint density at radius 1 is 1.52 bits per heavy atom. The summed E-state index contributed by atoms with van der Waals surface area (Å²) in [6.07, 6.45) is 1.70. The number of nitriles is 1. The lowest BCUT2D eigenvalue weighted by Gasteiger charge is -2.24. The van der Waals surface area contributed by atoms with Crippen molar-refractivity contribution in [2.75, 3.05) is 20.1 Å². The third kappa shape index (κ3) is 3.68. The molecule has 21 heavy (non-hydrogen) atoms. The lowest BCUT2D eigenvalue weighted by atomic mass is 10.2. The number of sulfonamides is 1. The average Bonchev–Trinajstić information content (AvgIpc) is 2.88. The lowest BCUT2D eigenvalue weighted by Crippen LogP contribution is -2.40. The van der Waals surface area contributed by atoms with Gasteiger partial charge in [0.2, 0.25) is 10.0 Å². The van der Waals surface area contributed by atoms with Gasteiger partial charge in [0.1, 0.15) is 6.07 Å². The third-order valence-electron chi connectivity index (χ3n) is 3.43. The second-order valence-electron chi connectivity index (χ2n) is 4.72. The molecule has 0 aromatic heterocycles. The van der Waals surface area contributed by atoms with Crippen LogP contribution in [0.5, 0.6) is 0 Å². The van der Waals surface area contributed by atoms with Crippen LogP contribution in [0.2, 0.25) is 5.02 Å². The van der Waals surface area contributed by atoms with Crippen molar-refractivity contribution in [2.45, 2.75) is 23.8 Å². The maximum Gasteiger partial charge on any atom is 0.243 e. The molecule has 5 nitrogen and oxygen atoms in total. The van der Waals surface area contributed by atoms with Gasteiger partial charge < -0.3 is 5.32 Å². The molecule has 1 aliphatic heterocycles. The van der Waals surface area contributed by atoms with Crippen molar-refractivity contribution in [3.8, 4) is 6.07 Å². The van der Waals surface area contributed by atoms with Gasteiger partial charge in [0, 0.05) is 19.1 Å². The number of hydrogen-bond acceptors (Lipinski definition) is 4. The Hall–Kier alpha value is -0.840. The summed E-state index contributed by atoms with van der Waals surface area (Å²) in [6.45, 7) is 1.14. The first-order chi connectivity index (χ1) is 9.50. The summed E-state index contributed by atoms with van der Waals surface area (Å²) in [5, 5.41) is 12.2. The average molecular weight is 350 g/mol. The van der Waals surface area contributed by atoms with E-state index in [1.54, 1.807) is 7.05 Å². The van der Waals surface area contributed by atoms with Crippen molar-refractivity contribution in [3.05, 3.63) is 28.8 Å². The molecule has 0 aliphatic carbocycles. The fraction of sp³-hybridized carbons (Fsp3) is 0.462. The molecule has 1 atom stereocenters. The molecular weight excluding hydrogens is 333 g/mol. The summed E-state index contributed by atoms with van der Waals surface area (Å²) in [6, 6.07) is 6.12. The highest BCUT2D eigenvalue weighted by atomic mass is 35.5. The predicted octanol–water partition coefficient (Wildman–Crippen LogP) is 2.01. The zero-order chi connectivity index (χ0) is 14.8. The molecule has 2 rings (SSSR count). The Labute approximate surface area is 136 Å². The van der Waals surface area contributed by atoms with Crippen LogP contribution in [0.4, 0.5) is 0 Å². The van der Waals surface area contributed by atoms with Gasteiger partial charge in [-0.3, -0.25) is 0 Å². The summed E-state index contributed by atoms with van der Waals surface area (Å²) in [7, 11) is -1.77. The summed E-state index contributed by atoms with van der Waals surface area (Å²) in [5.74, 6) is 0. The van der Waals surface area contributed by atoms with E-state index in [-0.39, 0.29) is 33.9 Å². The number of nitrogens with one attached hydrogen (secondary N) is 1. The maximum absolute atomic E-state index is 12.6. The van der Waals surface area contributed by atoms with Crippen LogP contribution in [-0.2, 0) is 10.0 Å². The van der Waals surface area contributed by atoms with Crippen molar-refractivity contribution in [3.63, 3.8) is 0 Å². The Morgan fingerprint density at radius 3 is 2.86 bits per heavy atom. The van der Waals surface area contributed by atoms with Crippen molar-refractivity contribution in [1.29, 1.82) is 5.26 Å². The van der Waals surface area contributed by atoms with Crippen molar-refractivity contribution in [1.82, 2.24) is 9.62 Å². The Bertz CT molecular complexity index is 643. The zero-order valence-electron chi connectivity index (χ0n) is 11.5. The van der Waals surface area contributed by atoms with E-state index in [0.717, 1.165) is 12.8 Å². The summed E-state index contributed by atoms with van der Waals surface area (Å²) < 4.78 is 26.8. The van der Waals surface area contributed by atoms with Gasteiger partial charge in [-0.15, -0.1) is 12.4 Å². The maximum atomic E-state index is 12.6. The number of halogens is 2. The molecule has 0 saturated carbocycles. The minimum Gasteiger partial charge on any atom is -0.318 e. The van der Waals surface area contributed by atoms with Crippen LogP contribution < -0.4 is 5.32 Å². The van der Waals surface area contributed by atoms with Gasteiger partial charge in [0.15, 0.2) is 0 Å². The van der Waals surface area contributed by atoms with Crippen molar-refractivity contribution in [2.24, 2.45) is 0 Å². The van der Waals surface area contributed by atoms with Crippen LogP contribution in [-0.4, -0.2) is 38.9 Å². The molecule has 1 aromatic carbocycles. The van der Waals surface area contributed by atoms with Gasteiger partial charge in [-0.25, -0.2) is 8.42 Å². The number of hydrogen-bond donors (Lipinski definition) is 1. The van der Waals surface area contributed by atoms with Crippen LogP contribution in [0.1, 0.15) is 18.4 Å². The number of rotatable bonds is 4. The molecule has 1 aromatic rings. The van der Waals surface area contributed by atoms with Crippen LogP contribution in [0.3, 0.4) is 0 Å². The largest absolute Gasteiger partial charge is 0.318 e. The SMILES string of the molecule is CNCC1CCCN1S(=O)(=O)c1ccc(Cl)c(C#N)c1.Cl. The van der Waals surface area contributed by atoms with Crippen LogP contribution in [0.25, 0.3) is 0 Å². The minimum atomic E-state index is -3.58. The van der Waals surface area contributed by atoms with E-state index >= 15 is 0 Å². The summed E-state index contributed by atoms with van der Waals surface area (Å²) in [4.78, 5) is 0.126. The normalized spacial score (nSPS) is 19.0. The first-order valence-corrected chi connectivity index (χ1v) is 8.18. The summed E-state index contributed by atoms with van der Waals surface area (Å²) >= 11 is 5.84. The van der Waals surface area contributed by atoms with E-state index in [9.17, 15) is 8.42 Å². The van der Waals surface area contributed by atoms with Gasteiger partial charge in [-0.1, -0.05) is 11.6 Å². The molecule has 1 unspecified atom stereocenters. The van der Waals surface area contributed by atoms with Crippen LogP contribution >= 0.6 is 24.0 Å². The van der Waals surface area contributed by atoms with Gasteiger partial charge in [-0.2, -0.15) is 9.57 Å². The highest BCUT2D eigenvalue weighted by Gasteiger charge is 2.34. The molecule has 1 heterocycles. The van der Waals surface area contributed by atoms with Gasteiger partial charge in [-0.05, 0) is 38.1 Å². The lowest BCUT2D eigenvalue weighted by molar-refractivity contribution is 0.379. The zero-order valence-corrected chi connectivity index (χ0v) is 13.9. The molecule has 1 N–H and O–H groups in total. The van der Waals surface area contributed by atoms with Gasteiger partial charge in [0.25, 0.3) is 0 Å². The number of likely N-dealkylation sites (N-methyl/N-ethyl adjacent to an activating group) is 1. The van der Waals surface area contributed by atoms with Crippen LogP contribution in [0, 0.1) is 11.3 Å². The Morgan fingerprint density at radius 2 is 2.24 bits per heavy atom. The van der Waals surface area contributed by atoms with E-state index in [0.29, 0.717) is 13.1 Å². The number of nitrogens with zero attached hydrogens (tertiary/aromatic N) is 2. The highest BCUT2D eigenvalue weighted by Crippen LogP contribution is 2.27. The predicted molar refractivity (Wildman–Crippen MR) is 84.3 cm³/mol.